The van der Waals surface area contributed by atoms with Crippen molar-refractivity contribution in [2.45, 2.75) is 45.6 Å². The van der Waals surface area contributed by atoms with Crippen molar-refractivity contribution in [3.05, 3.63) is 48.3 Å². The number of nitrogens with zero attached hydrogens (tertiary/aromatic N) is 2. The summed E-state index contributed by atoms with van der Waals surface area (Å²) in [5.74, 6) is 0.821. The Morgan fingerprint density at radius 3 is 3.00 bits per heavy atom. The van der Waals surface area contributed by atoms with Crippen LogP contribution in [0.2, 0.25) is 0 Å². The van der Waals surface area contributed by atoms with Crippen LogP contribution in [0.5, 0.6) is 0 Å². The fraction of sp³-hybridized carbons (Fsp3) is 0.368. The highest BCUT2D eigenvalue weighted by Crippen LogP contribution is 2.20. The van der Waals surface area contributed by atoms with Crippen LogP contribution in [0.3, 0.4) is 0 Å². The molecule has 126 valence electrons. The Morgan fingerprint density at radius 2 is 2.17 bits per heavy atom. The van der Waals surface area contributed by atoms with Gasteiger partial charge in [0.2, 0.25) is 5.91 Å². The monoisotopic (exact) mass is 324 g/mol. The van der Waals surface area contributed by atoms with Crippen molar-refractivity contribution < 1.29 is 4.79 Å². The average Bonchev–Trinajstić information content (AvgIpc) is 3.21. The lowest BCUT2D eigenvalue weighted by molar-refractivity contribution is -0.116. The molecule has 5 nitrogen and oxygen atoms in total. The highest BCUT2D eigenvalue weighted by atomic mass is 16.1. The Bertz CT molecular complexity index is 818. The first-order valence-electron chi connectivity index (χ1n) is 8.57. The number of hydrogen-bond acceptors (Lipinski definition) is 2. The highest BCUT2D eigenvalue weighted by molar-refractivity contribution is 5.90. The SMILES string of the molecule is CCC(C)n1nccc1NC(=O)CCCc1c[nH]c2ccccc12. The molecule has 3 rings (SSSR count). The molecular weight excluding hydrogens is 300 g/mol. The van der Waals surface area contributed by atoms with Crippen molar-refractivity contribution in [2.24, 2.45) is 0 Å². The van der Waals surface area contributed by atoms with Crippen molar-refractivity contribution in [3.8, 4) is 0 Å². The maximum atomic E-state index is 12.2. The standard InChI is InChI=1S/C19H24N4O/c1-3-14(2)23-18(11-12-21-23)22-19(24)10-6-7-15-13-20-17-9-5-4-8-16(15)17/h4-5,8-9,11-14,20H,3,6-7,10H2,1-2H3,(H,22,24). The van der Waals surface area contributed by atoms with Gasteiger partial charge in [-0.1, -0.05) is 25.1 Å². The number of carbonyl (C=O) groups excluding carboxylic acids is 1. The van der Waals surface area contributed by atoms with Crippen molar-refractivity contribution in [1.29, 1.82) is 0 Å². The molecule has 2 aromatic heterocycles. The highest BCUT2D eigenvalue weighted by Gasteiger charge is 2.11. The molecule has 0 spiro atoms. The molecule has 2 heterocycles. The van der Waals surface area contributed by atoms with E-state index in [-0.39, 0.29) is 11.9 Å². The van der Waals surface area contributed by atoms with Gasteiger partial charge in [0, 0.05) is 29.6 Å². The van der Waals surface area contributed by atoms with Crippen LogP contribution in [-0.4, -0.2) is 20.7 Å². The average molecular weight is 324 g/mol. The molecule has 0 aliphatic rings. The molecular formula is C19H24N4O. The Balaban J connectivity index is 1.54. The molecule has 0 aliphatic carbocycles. The first kappa shape index (κ1) is 16.3. The molecule has 0 saturated carbocycles. The van der Waals surface area contributed by atoms with Crippen LogP contribution >= 0.6 is 0 Å². The summed E-state index contributed by atoms with van der Waals surface area (Å²) in [4.78, 5) is 15.5. The molecule has 0 fully saturated rings. The maximum absolute atomic E-state index is 12.2. The van der Waals surface area contributed by atoms with Gasteiger partial charge in [-0.15, -0.1) is 0 Å². The Kier molecular flexibility index (Phi) is 4.99. The lowest BCUT2D eigenvalue weighted by atomic mass is 10.1. The largest absolute Gasteiger partial charge is 0.361 e. The van der Waals surface area contributed by atoms with E-state index in [4.69, 9.17) is 0 Å². The van der Waals surface area contributed by atoms with E-state index < -0.39 is 0 Å². The number of fused-ring (bicyclic) bond motifs is 1. The summed E-state index contributed by atoms with van der Waals surface area (Å²) >= 11 is 0. The first-order chi connectivity index (χ1) is 11.7. The summed E-state index contributed by atoms with van der Waals surface area (Å²) in [6.45, 7) is 4.21. The van der Waals surface area contributed by atoms with E-state index in [2.05, 4.69) is 41.4 Å². The molecule has 0 saturated heterocycles. The number of benzene rings is 1. The number of amides is 1. The molecule has 0 bridgehead atoms. The normalized spacial score (nSPS) is 12.4. The molecule has 2 N–H and O–H groups in total. The summed E-state index contributed by atoms with van der Waals surface area (Å²) < 4.78 is 1.87. The number of nitrogens with one attached hydrogen (secondary N) is 2. The lowest BCUT2D eigenvalue weighted by Gasteiger charge is -2.14. The van der Waals surface area contributed by atoms with Gasteiger partial charge >= 0.3 is 0 Å². The third-order valence-electron chi connectivity index (χ3n) is 4.47. The zero-order chi connectivity index (χ0) is 16.9. The van der Waals surface area contributed by atoms with Crippen LogP contribution in [0.4, 0.5) is 5.82 Å². The van der Waals surface area contributed by atoms with E-state index in [0.717, 1.165) is 30.6 Å². The van der Waals surface area contributed by atoms with Gasteiger partial charge in [-0.2, -0.15) is 5.10 Å². The van der Waals surface area contributed by atoms with Crippen LogP contribution in [0.1, 0.15) is 44.7 Å². The molecule has 3 aromatic rings. The van der Waals surface area contributed by atoms with E-state index in [1.807, 2.05) is 29.1 Å². The van der Waals surface area contributed by atoms with Crippen molar-refractivity contribution in [1.82, 2.24) is 14.8 Å². The molecule has 1 unspecified atom stereocenters. The van der Waals surface area contributed by atoms with Gasteiger partial charge in [-0.25, -0.2) is 4.68 Å². The molecule has 1 amide bonds. The number of aromatic nitrogens is 3. The molecule has 1 aromatic carbocycles. The summed E-state index contributed by atoms with van der Waals surface area (Å²) in [6, 6.07) is 10.4. The minimum Gasteiger partial charge on any atom is -0.361 e. The number of H-pyrrole nitrogens is 1. The minimum absolute atomic E-state index is 0.0416. The minimum atomic E-state index is 0.0416. The van der Waals surface area contributed by atoms with Crippen LogP contribution in [-0.2, 0) is 11.2 Å². The van der Waals surface area contributed by atoms with E-state index >= 15 is 0 Å². The summed E-state index contributed by atoms with van der Waals surface area (Å²) in [6.07, 6.45) is 6.97. The van der Waals surface area contributed by atoms with Crippen LogP contribution in [0, 0.1) is 0 Å². The van der Waals surface area contributed by atoms with Crippen LogP contribution in [0.15, 0.2) is 42.7 Å². The number of aryl methyl sites for hydroxylation is 1. The Morgan fingerprint density at radius 1 is 1.33 bits per heavy atom. The van der Waals surface area contributed by atoms with E-state index in [9.17, 15) is 4.79 Å². The number of aromatic amines is 1. The van der Waals surface area contributed by atoms with E-state index in [0.29, 0.717) is 6.42 Å². The number of anilines is 1. The fourth-order valence-corrected chi connectivity index (χ4v) is 2.92. The van der Waals surface area contributed by atoms with Gasteiger partial charge in [-0.3, -0.25) is 4.79 Å². The topological polar surface area (TPSA) is 62.7 Å². The van der Waals surface area contributed by atoms with Crippen molar-refractivity contribution >= 4 is 22.6 Å². The maximum Gasteiger partial charge on any atom is 0.225 e. The number of carbonyl (C=O) groups is 1. The van der Waals surface area contributed by atoms with Gasteiger partial charge in [-0.05, 0) is 37.8 Å². The second-order valence-electron chi connectivity index (χ2n) is 6.18. The van der Waals surface area contributed by atoms with E-state index in [1.165, 1.54) is 10.9 Å². The predicted octanol–water partition coefficient (Wildman–Crippen LogP) is 4.30. The van der Waals surface area contributed by atoms with Gasteiger partial charge in [0.25, 0.3) is 0 Å². The molecule has 1 atom stereocenters. The van der Waals surface area contributed by atoms with E-state index in [1.54, 1.807) is 6.20 Å². The second kappa shape index (κ2) is 7.34. The summed E-state index contributed by atoms with van der Waals surface area (Å²) in [5.41, 5.74) is 2.41. The van der Waals surface area contributed by atoms with Crippen LogP contribution in [0.25, 0.3) is 10.9 Å². The Labute approximate surface area is 142 Å². The third-order valence-corrected chi connectivity index (χ3v) is 4.47. The van der Waals surface area contributed by atoms with Gasteiger partial charge in [0.05, 0.1) is 12.2 Å². The lowest BCUT2D eigenvalue weighted by Crippen LogP contribution is -2.17. The van der Waals surface area contributed by atoms with Gasteiger partial charge in [0.1, 0.15) is 5.82 Å². The zero-order valence-corrected chi connectivity index (χ0v) is 14.2. The second-order valence-corrected chi connectivity index (χ2v) is 6.18. The third kappa shape index (κ3) is 3.50. The number of para-hydroxylation sites is 1. The summed E-state index contributed by atoms with van der Waals surface area (Å²) in [5, 5.41) is 8.51. The molecule has 0 aliphatic heterocycles. The van der Waals surface area contributed by atoms with Crippen LogP contribution < -0.4 is 5.32 Å². The van der Waals surface area contributed by atoms with Gasteiger partial charge < -0.3 is 10.3 Å². The van der Waals surface area contributed by atoms with Crippen molar-refractivity contribution in [2.75, 3.05) is 5.32 Å². The molecule has 0 radical (unpaired) electrons. The first-order valence-corrected chi connectivity index (χ1v) is 8.57. The Hall–Kier alpha value is -2.56. The summed E-state index contributed by atoms with van der Waals surface area (Å²) in [7, 11) is 0. The molecule has 24 heavy (non-hydrogen) atoms. The van der Waals surface area contributed by atoms with Gasteiger partial charge in [0.15, 0.2) is 0 Å². The zero-order valence-electron chi connectivity index (χ0n) is 14.2. The number of hydrogen-bond donors (Lipinski definition) is 2. The number of rotatable bonds is 7. The van der Waals surface area contributed by atoms with Crippen molar-refractivity contribution in [3.63, 3.8) is 0 Å². The quantitative estimate of drug-likeness (QED) is 0.681. The smallest absolute Gasteiger partial charge is 0.225 e. The fourth-order valence-electron chi connectivity index (χ4n) is 2.92. The molecule has 5 heteroatoms. The predicted molar refractivity (Wildman–Crippen MR) is 97.1 cm³/mol.